The van der Waals surface area contributed by atoms with E-state index in [2.05, 4.69) is 24.1 Å². The molecule has 0 spiro atoms. The maximum Gasteiger partial charge on any atom is 0.112 e. The van der Waals surface area contributed by atoms with E-state index in [4.69, 9.17) is 0 Å². The molecule has 1 saturated carbocycles. The summed E-state index contributed by atoms with van der Waals surface area (Å²) in [5, 5.41) is 6.88. The molecule has 1 aromatic heterocycles. The molecule has 1 aromatic rings. The molecule has 13 heavy (non-hydrogen) atoms. The molecule has 2 nitrogen and oxygen atoms in total. The van der Waals surface area contributed by atoms with Crippen LogP contribution < -0.4 is 5.32 Å². The first kappa shape index (κ1) is 9.16. The molecule has 1 N–H and O–H groups in total. The SMILES string of the molecule is CC(C)(NC1CCC1)c1nccs1. The van der Waals surface area contributed by atoms with Crippen molar-refractivity contribution in [3.63, 3.8) is 0 Å². The van der Waals surface area contributed by atoms with Crippen molar-refractivity contribution in [2.45, 2.75) is 44.7 Å². The van der Waals surface area contributed by atoms with E-state index < -0.39 is 0 Å². The Morgan fingerprint density at radius 2 is 2.31 bits per heavy atom. The highest BCUT2D eigenvalue weighted by molar-refractivity contribution is 7.09. The van der Waals surface area contributed by atoms with Crippen LogP contribution in [0.25, 0.3) is 0 Å². The smallest absolute Gasteiger partial charge is 0.112 e. The predicted octanol–water partition coefficient (Wildman–Crippen LogP) is 2.52. The average molecular weight is 196 g/mol. The Bertz CT molecular complexity index is 262. The minimum atomic E-state index is 0.0548. The molecule has 0 aromatic carbocycles. The molecule has 1 heterocycles. The summed E-state index contributed by atoms with van der Waals surface area (Å²) in [6, 6.07) is 0.721. The zero-order chi connectivity index (χ0) is 9.31. The van der Waals surface area contributed by atoms with Crippen molar-refractivity contribution in [1.82, 2.24) is 10.3 Å². The third-order valence-corrected chi connectivity index (χ3v) is 3.73. The number of aromatic nitrogens is 1. The number of hydrogen-bond acceptors (Lipinski definition) is 3. The van der Waals surface area contributed by atoms with E-state index >= 15 is 0 Å². The fourth-order valence-corrected chi connectivity index (χ4v) is 2.38. The van der Waals surface area contributed by atoms with E-state index in [1.54, 1.807) is 11.3 Å². The molecule has 72 valence electrons. The third kappa shape index (κ3) is 1.92. The number of thiazole rings is 1. The van der Waals surface area contributed by atoms with Gasteiger partial charge in [-0.25, -0.2) is 4.98 Å². The van der Waals surface area contributed by atoms with Crippen LogP contribution in [0.4, 0.5) is 0 Å². The van der Waals surface area contributed by atoms with Crippen LogP contribution in [-0.4, -0.2) is 11.0 Å². The summed E-state index contributed by atoms with van der Waals surface area (Å²) in [5.74, 6) is 0. The maximum absolute atomic E-state index is 4.36. The van der Waals surface area contributed by atoms with E-state index in [9.17, 15) is 0 Å². The van der Waals surface area contributed by atoms with Gasteiger partial charge in [-0.05, 0) is 26.7 Å². The molecule has 0 aliphatic heterocycles. The highest BCUT2D eigenvalue weighted by Gasteiger charge is 2.28. The van der Waals surface area contributed by atoms with Crippen LogP contribution in [-0.2, 0) is 5.54 Å². The zero-order valence-electron chi connectivity index (χ0n) is 8.21. The van der Waals surface area contributed by atoms with Gasteiger partial charge in [0.15, 0.2) is 0 Å². The van der Waals surface area contributed by atoms with Crippen molar-refractivity contribution in [2.75, 3.05) is 0 Å². The molecule has 3 heteroatoms. The molecule has 1 aliphatic rings. The van der Waals surface area contributed by atoms with Crippen LogP contribution in [0, 0.1) is 0 Å². The van der Waals surface area contributed by atoms with Gasteiger partial charge in [-0.15, -0.1) is 11.3 Å². The molecule has 0 amide bonds. The van der Waals surface area contributed by atoms with Crippen LogP contribution in [0.2, 0.25) is 0 Å². The quantitative estimate of drug-likeness (QED) is 0.803. The highest BCUT2D eigenvalue weighted by Crippen LogP contribution is 2.27. The largest absolute Gasteiger partial charge is 0.303 e. The molecule has 2 rings (SSSR count). The standard InChI is InChI=1S/C10H16N2S/c1-10(2,9-11-6-7-13-9)12-8-4-3-5-8/h6-8,12H,3-5H2,1-2H3. The monoisotopic (exact) mass is 196 g/mol. The highest BCUT2D eigenvalue weighted by atomic mass is 32.1. The van der Waals surface area contributed by atoms with Crippen molar-refractivity contribution < 1.29 is 0 Å². The van der Waals surface area contributed by atoms with Crippen molar-refractivity contribution in [3.8, 4) is 0 Å². The first-order valence-corrected chi connectivity index (χ1v) is 5.74. The van der Waals surface area contributed by atoms with Gasteiger partial charge in [0.1, 0.15) is 5.01 Å². The van der Waals surface area contributed by atoms with Gasteiger partial charge in [0.05, 0.1) is 5.54 Å². The topological polar surface area (TPSA) is 24.9 Å². The Labute approximate surface area is 83.4 Å². The lowest BCUT2D eigenvalue weighted by molar-refractivity contribution is 0.254. The van der Waals surface area contributed by atoms with Gasteiger partial charge >= 0.3 is 0 Å². The van der Waals surface area contributed by atoms with E-state index in [1.807, 2.05) is 11.6 Å². The van der Waals surface area contributed by atoms with Gasteiger partial charge in [0.2, 0.25) is 0 Å². The van der Waals surface area contributed by atoms with Gasteiger partial charge in [-0.2, -0.15) is 0 Å². The lowest BCUT2D eigenvalue weighted by atomic mass is 9.90. The molecule has 0 radical (unpaired) electrons. The van der Waals surface area contributed by atoms with Gasteiger partial charge in [-0.3, -0.25) is 0 Å². The van der Waals surface area contributed by atoms with Gasteiger partial charge < -0.3 is 5.32 Å². The van der Waals surface area contributed by atoms with E-state index in [-0.39, 0.29) is 5.54 Å². The molecular weight excluding hydrogens is 180 g/mol. The minimum Gasteiger partial charge on any atom is -0.303 e. The molecule has 0 saturated heterocycles. The Morgan fingerprint density at radius 1 is 1.54 bits per heavy atom. The van der Waals surface area contributed by atoms with Crippen LogP contribution >= 0.6 is 11.3 Å². The Hall–Kier alpha value is -0.410. The zero-order valence-corrected chi connectivity index (χ0v) is 9.03. The number of nitrogens with zero attached hydrogens (tertiary/aromatic N) is 1. The van der Waals surface area contributed by atoms with Gasteiger partial charge in [0.25, 0.3) is 0 Å². The first-order chi connectivity index (χ1) is 6.18. The molecule has 0 unspecified atom stereocenters. The van der Waals surface area contributed by atoms with E-state index in [1.165, 1.54) is 24.3 Å². The van der Waals surface area contributed by atoms with Crippen LogP contribution in [0.15, 0.2) is 11.6 Å². The van der Waals surface area contributed by atoms with Crippen LogP contribution in [0.5, 0.6) is 0 Å². The predicted molar refractivity (Wildman–Crippen MR) is 55.9 cm³/mol. The molecule has 0 bridgehead atoms. The summed E-state index contributed by atoms with van der Waals surface area (Å²) in [6.07, 6.45) is 5.92. The van der Waals surface area contributed by atoms with Crippen LogP contribution in [0.1, 0.15) is 38.1 Å². The van der Waals surface area contributed by atoms with Crippen molar-refractivity contribution in [3.05, 3.63) is 16.6 Å². The summed E-state index contributed by atoms with van der Waals surface area (Å²) in [4.78, 5) is 4.36. The number of nitrogens with one attached hydrogen (secondary N) is 1. The lowest BCUT2D eigenvalue weighted by Gasteiger charge is -2.35. The lowest BCUT2D eigenvalue weighted by Crippen LogP contribution is -2.46. The normalized spacial score (nSPS) is 18.6. The van der Waals surface area contributed by atoms with Gasteiger partial charge in [-0.1, -0.05) is 6.42 Å². The van der Waals surface area contributed by atoms with Gasteiger partial charge in [0, 0.05) is 17.6 Å². The molecule has 1 aliphatic carbocycles. The molecule has 1 fully saturated rings. The van der Waals surface area contributed by atoms with Crippen molar-refractivity contribution in [1.29, 1.82) is 0 Å². The van der Waals surface area contributed by atoms with Crippen molar-refractivity contribution >= 4 is 11.3 Å². The van der Waals surface area contributed by atoms with Crippen LogP contribution in [0.3, 0.4) is 0 Å². The maximum atomic E-state index is 4.36. The summed E-state index contributed by atoms with van der Waals surface area (Å²) < 4.78 is 0. The summed E-state index contributed by atoms with van der Waals surface area (Å²) in [6.45, 7) is 4.42. The fraction of sp³-hybridized carbons (Fsp3) is 0.700. The summed E-state index contributed by atoms with van der Waals surface area (Å²) >= 11 is 1.73. The number of hydrogen-bond donors (Lipinski definition) is 1. The Kier molecular flexibility index (Phi) is 2.39. The fourth-order valence-electron chi connectivity index (χ4n) is 1.66. The van der Waals surface area contributed by atoms with Crippen molar-refractivity contribution in [2.24, 2.45) is 0 Å². The Balaban J connectivity index is 2.02. The third-order valence-electron chi connectivity index (χ3n) is 2.64. The molecular formula is C10H16N2S. The first-order valence-electron chi connectivity index (χ1n) is 4.86. The second-order valence-corrected chi connectivity index (χ2v) is 5.13. The number of rotatable bonds is 3. The summed E-state index contributed by atoms with van der Waals surface area (Å²) in [7, 11) is 0. The minimum absolute atomic E-state index is 0.0548. The second-order valence-electron chi connectivity index (χ2n) is 4.23. The molecule has 0 atom stereocenters. The van der Waals surface area contributed by atoms with E-state index in [0.29, 0.717) is 0 Å². The average Bonchev–Trinajstić information content (AvgIpc) is 2.49. The Morgan fingerprint density at radius 3 is 2.77 bits per heavy atom. The van der Waals surface area contributed by atoms with E-state index in [0.717, 1.165) is 6.04 Å². The second kappa shape index (κ2) is 3.39. The summed E-state index contributed by atoms with van der Waals surface area (Å²) in [5.41, 5.74) is 0.0548.